The van der Waals surface area contributed by atoms with Crippen LogP contribution in [0.1, 0.15) is 22.5 Å². The van der Waals surface area contributed by atoms with Crippen molar-refractivity contribution in [2.75, 3.05) is 0 Å². The van der Waals surface area contributed by atoms with Gasteiger partial charge < -0.3 is 4.42 Å². The Morgan fingerprint density at radius 3 is 2.79 bits per heavy atom. The van der Waals surface area contributed by atoms with E-state index in [1.54, 1.807) is 36.7 Å². The van der Waals surface area contributed by atoms with E-state index in [9.17, 15) is 9.59 Å². The lowest BCUT2D eigenvalue weighted by atomic mass is 10.2. The van der Waals surface area contributed by atoms with E-state index in [0.717, 1.165) is 5.76 Å². The molecule has 2 amide bonds. The zero-order chi connectivity index (χ0) is 13.5. The molecule has 0 saturated carbocycles. The van der Waals surface area contributed by atoms with Gasteiger partial charge in [0.15, 0.2) is 0 Å². The summed E-state index contributed by atoms with van der Waals surface area (Å²) in [6, 6.07) is 6.81. The minimum atomic E-state index is -0.403. The van der Waals surface area contributed by atoms with E-state index in [-0.39, 0.29) is 12.3 Å². The van der Waals surface area contributed by atoms with Gasteiger partial charge >= 0.3 is 0 Å². The molecule has 98 valence electrons. The third-order valence-electron chi connectivity index (χ3n) is 2.42. The maximum atomic E-state index is 11.6. The normalized spacial score (nSPS) is 9.89. The second-order valence-electron chi connectivity index (χ2n) is 3.82. The SMILES string of the molecule is O=C(CCc1ccco1)NNC(=O)c1cccnc1. The molecule has 2 rings (SSSR count). The molecule has 0 radical (unpaired) electrons. The predicted molar refractivity (Wildman–Crippen MR) is 66.9 cm³/mol. The molecule has 0 aliphatic heterocycles. The number of furan rings is 1. The molecule has 0 fully saturated rings. The Bertz CT molecular complexity index is 538. The van der Waals surface area contributed by atoms with Gasteiger partial charge in [-0.25, -0.2) is 0 Å². The lowest BCUT2D eigenvalue weighted by molar-refractivity contribution is -0.121. The number of carbonyl (C=O) groups is 2. The standard InChI is InChI=1S/C13H13N3O3/c17-12(6-5-11-4-2-8-19-11)15-16-13(18)10-3-1-7-14-9-10/h1-4,7-9H,5-6H2,(H,15,17)(H,16,18). The number of hydrogen-bond acceptors (Lipinski definition) is 4. The van der Waals surface area contributed by atoms with Crippen molar-refractivity contribution in [2.45, 2.75) is 12.8 Å². The first-order valence-corrected chi connectivity index (χ1v) is 5.77. The van der Waals surface area contributed by atoms with Crippen LogP contribution in [0.4, 0.5) is 0 Å². The molecule has 6 nitrogen and oxygen atoms in total. The maximum absolute atomic E-state index is 11.6. The van der Waals surface area contributed by atoms with Crippen molar-refractivity contribution in [3.8, 4) is 0 Å². The van der Waals surface area contributed by atoms with Crippen molar-refractivity contribution in [3.05, 3.63) is 54.2 Å². The zero-order valence-corrected chi connectivity index (χ0v) is 10.1. The van der Waals surface area contributed by atoms with Gasteiger partial charge in [-0.15, -0.1) is 0 Å². The van der Waals surface area contributed by atoms with Gasteiger partial charge in [0.2, 0.25) is 5.91 Å². The second kappa shape index (κ2) is 6.34. The number of hydrogen-bond donors (Lipinski definition) is 2. The van der Waals surface area contributed by atoms with Crippen LogP contribution in [0.5, 0.6) is 0 Å². The van der Waals surface area contributed by atoms with E-state index >= 15 is 0 Å². The highest BCUT2D eigenvalue weighted by Crippen LogP contribution is 2.03. The monoisotopic (exact) mass is 259 g/mol. The van der Waals surface area contributed by atoms with Gasteiger partial charge in [0.25, 0.3) is 5.91 Å². The first-order chi connectivity index (χ1) is 9.25. The van der Waals surface area contributed by atoms with Crippen LogP contribution in [0, 0.1) is 0 Å². The first kappa shape index (κ1) is 12.8. The largest absolute Gasteiger partial charge is 0.469 e. The van der Waals surface area contributed by atoms with E-state index in [4.69, 9.17) is 4.42 Å². The van der Waals surface area contributed by atoms with Crippen LogP contribution in [0.15, 0.2) is 47.3 Å². The number of nitrogens with one attached hydrogen (secondary N) is 2. The van der Waals surface area contributed by atoms with Crippen molar-refractivity contribution >= 4 is 11.8 Å². The molecule has 2 aromatic rings. The summed E-state index contributed by atoms with van der Waals surface area (Å²) in [7, 11) is 0. The molecular weight excluding hydrogens is 246 g/mol. The number of hydrazine groups is 1. The molecule has 2 aromatic heterocycles. The third-order valence-corrected chi connectivity index (χ3v) is 2.42. The summed E-state index contributed by atoms with van der Waals surface area (Å²) in [5.41, 5.74) is 5.04. The fourth-order valence-corrected chi connectivity index (χ4v) is 1.45. The van der Waals surface area contributed by atoms with Gasteiger partial charge in [-0.05, 0) is 24.3 Å². The van der Waals surface area contributed by atoms with Crippen LogP contribution in [-0.2, 0) is 11.2 Å². The molecule has 0 atom stereocenters. The highest BCUT2D eigenvalue weighted by Gasteiger charge is 2.07. The summed E-state index contributed by atoms with van der Waals surface area (Å²) in [6.07, 6.45) is 5.27. The van der Waals surface area contributed by atoms with Crippen LogP contribution < -0.4 is 10.9 Å². The van der Waals surface area contributed by atoms with E-state index < -0.39 is 5.91 Å². The number of pyridine rings is 1. The summed E-state index contributed by atoms with van der Waals surface area (Å²) in [5, 5.41) is 0. The fourth-order valence-electron chi connectivity index (χ4n) is 1.45. The molecule has 0 aliphatic carbocycles. The summed E-state index contributed by atoms with van der Waals surface area (Å²) in [4.78, 5) is 26.9. The molecule has 0 spiro atoms. The number of amides is 2. The van der Waals surface area contributed by atoms with Crippen LogP contribution in [0.3, 0.4) is 0 Å². The van der Waals surface area contributed by atoms with Crippen molar-refractivity contribution in [2.24, 2.45) is 0 Å². The van der Waals surface area contributed by atoms with Gasteiger partial charge in [-0.2, -0.15) is 0 Å². The average Bonchev–Trinajstić information content (AvgIpc) is 2.96. The van der Waals surface area contributed by atoms with Crippen molar-refractivity contribution < 1.29 is 14.0 Å². The molecular formula is C13H13N3O3. The summed E-state index contributed by atoms with van der Waals surface area (Å²) >= 11 is 0. The Balaban J connectivity index is 1.73. The lowest BCUT2D eigenvalue weighted by Gasteiger charge is -2.06. The summed E-state index contributed by atoms with van der Waals surface area (Å²) in [5.74, 6) is 0.0434. The molecule has 19 heavy (non-hydrogen) atoms. The van der Waals surface area contributed by atoms with Crippen LogP contribution in [0.2, 0.25) is 0 Å². The number of aromatic nitrogens is 1. The van der Waals surface area contributed by atoms with E-state index in [0.29, 0.717) is 12.0 Å². The molecule has 0 saturated heterocycles. The summed E-state index contributed by atoms with van der Waals surface area (Å²) in [6.45, 7) is 0. The minimum Gasteiger partial charge on any atom is -0.469 e. The molecule has 0 aromatic carbocycles. The van der Waals surface area contributed by atoms with Gasteiger partial charge in [0, 0.05) is 25.2 Å². The van der Waals surface area contributed by atoms with Gasteiger partial charge in [-0.1, -0.05) is 0 Å². The van der Waals surface area contributed by atoms with Crippen LogP contribution in [0.25, 0.3) is 0 Å². The second-order valence-corrected chi connectivity index (χ2v) is 3.82. The van der Waals surface area contributed by atoms with Crippen LogP contribution in [-0.4, -0.2) is 16.8 Å². The Hall–Kier alpha value is -2.63. The molecule has 2 N–H and O–H groups in total. The minimum absolute atomic E-state index is 0.237. The Morgan fingerprint density at radius 1 is 1.21 bits per heavy atom. The van der Waals surface area contributed by atoms with Gasteiger partial charge in [0.05, 0.1) is 11.8 Å². The van der Waals surface area contributed by atoms with E-state index in [1.165, 1.54) is 6.20 Å². The number of nitrogens with zero attached hydrogens (tertiary/aromatic N) is 1. The molecule has 0 aliphatic rings. The predicted octanol–water partition coefficient (Wildman–Crippen LogP) is 1.07. The highest BCUT2D eigenvalue weighted by atomic mass is 16.3. The quantitative estimate of drug-likeness (QED) is 0.804. The van der Waals surface area contributed by atoms with Gasteiger partial charge in [-0.3, -0.25) is 25.4 Å². The Labute approximate surface area is 109 Å². The van der Waals surface area contributed by atoms with E-state index in [1.807, 2.05) is 0 Å². The number of carbonyl (C=O) groups excluding carboxylic acids is 2. The molecule has 0 unspecified atom stereocenters. The number of aryl methyl sites for hydroxylation is 1. The summed E-state index contributed by atoms with van der Waals surface area (Å²) < 4.78 is 5.10. The Morgan fingerprint density at radius 2 is 2.11 bits per heavy atom. The molecule has 6 heteroatoms. The van der Waals surface area contributed by atoms with Crippen molar-refractivity contribution in [1.82, 2.24) is 15.8 Å². The molecule has 0 bridgehead atoms. The lowest BCUT2D eigenvalue weighted by Crippen LogP contribution is -2.41. The molecule has 2 heterocycles. The smallest absolute Gasteiger partial charge is 0.271 e. The topological polar surface area (TPSA) is 84.2 Å². The van der Waals surface area contributed by atoms with Gasteiger partial charge in [0.1, 0.15) is 5.76 Å². The third kappa shape index (κ3) is 3.95. The maximum Gasteiger partial charge on any atom is 0.271 e. The fraction of sp³-hybridized carbons (Fsp3) is 0.154. The van der Waals surface area contributed by atoms with Crippen LogP contribution >= 0.6 is 0 Å². The van der Waals surface area contributed by atoms with E-state index in [2.05, 4.69) is 15.8 Å². The number of rotatable bonds is 4. The zero-order valence-electron chi connectivity index (χ0n) is 10.1. The van der Waals surface area contributed by atoms with Crippen molar-refractivity contribution in [1.29, 1.82) is 0 Å². The Kier molecular flexibility index (Phi) is 4.28. The van der Waals surface area contributed by atoms with Crippen molar-refractivity contribution in [3.63, 3.8) is 0 Å². The first-order valence-electron chi connectivity index (χ1n) is 5.77. The highest BCUT2D eigenvalue weighted by molar-refractivity contribution is 5.95. The average molecular weight is 259 g/mol.